The van der Waals surface area contributed by atoms with Crippen LogP contribution < -0.4 is 10.7 Å². The van der Waals surface area contributed by atoms with Crippen LogP contribution in [0.2, 0.25) is 0 Å². The lowest BCUT2D eigenvalue weighted by atomic mass is 10.1. The summed E-state index contributed by atoms with van der Waals surface area (Å²) < 4.78 is 11.4. The minimum Gasteiger partial charge on any atom is -0.465 e. The first-order valence-corrected chi connectivity index (χ1v) is 8.82. The van der Waals surface area contributed by atoms with Gasteiger partial charge in [0.1, 0.15) is 17.1 Å². The maximum absolute atomic E-state index is 12.6. The molecule has 2 heterocycles. The van der Waals surface area contributed by atoms with Crippen molar-refractivity contribution in [2.24, 2.45) is 0 Å². The van der Waals surface area contributed by atoms with E-state index in [4.69, 9.17) is 8.83 Å². The number of halogens is 1. The molecule has 1 amide bonds. The summed E-state index contributed by atoms with van der Waals surface area (Å²) in [7, 11) is 3.83. The third kappa shape index (κ3) is 4.46. The Morgan fingerprint density at radius 2 is 1.75 bits per heavy atom. The molecule has 0 spiro atoms. The van der Waals surface area contributed by atoms with Crippen molar-refractivity contribution in [3.05, 3.63) is 69.0 Å². The highest BCUT2D eigenvalue weighted by Gasteiger charge is 2.20. The number of aryl methyl sites for hydroxylation is 3. The van der Waals surface area contributed by atoms with E-state index in [1.807, 2.05) is 51.9 Å². The Hall–Kier alpha value is -2.57. The van der Waals surface area contributed by atoms with E-state index in [0.29, 0.717) is 17.5 Å². The second-order valence-corrected chi connectivity index (χ2v) is 7.05. The van der Waals surface area contributed by atoms with E-state index in [2.05, 4.69) is 5.32 Å². The Labute approximate surface area is 169 Å². The Balaban J connectivity index is 0.00000280. The molecule has 1 atom stereocenters. The molecule has 0 bridgehead atoms. The molecule has 1 unspecified atom stereocenters. The highest BCUT2D eigenvalue weighted by Crippen LogP contribution is 2.21. The lowest BCUT2D eigenvalue weighted by molar-refractivity contribution is 0.0911. The van der Waals surface area contributed by atoms with Crippen LogP contribution in [0.1, 0.15) is 39.2 Å². The zero-order chi connectivity index (χ0) is 19.7. The summed E-state index contributed by atoms with van der Waals surface area (Å²) in [4.78, 5) is 26.9. The average molecular weight is 405 g/mol. The minimum atomic E-state index is -0.428. The number of hydrogen-bond donors (Lipinski definition) is 1. The third-order valence-corrected chi connectivity index (χ3v) is 4.74. The van der Waals surface area contributed by atoms with Crippen molar-refractivity contribution in [2.45, 2.75) is 26.8 Å². The fourth-order valence-electron chi connectivity index (χ4n) is 2.97. The topological polar surface area (TPSA) is 75.7 Å². The van der Waals surface area contributed by atoms with Crippen molar-refractivity contribution in [1.82, 2.24) is 10.2 Å². The summed E-state index contributed by atoms with van der Waals surface area (Å²) in [6, 6.07) is 8.48. The van der Waals surface area contributed by atoms with Crippen molar-refractivity contribution in [2.75, 3.05) is 20.6 Å². The molecule has 6 nitrogen and oxygen atoms in total. The molecular weight excluding hydrogens is 380 g/mol. The first kappa shape index (κ1) is 21.7. The highest BCUT2D eigenvalue weighted by molar-refractivity contribution is 5.93. The number of carbonyl (C=O) groups is 1. The Morgan fingerprint density at radius 3 is 2.36 bits per heavy atom. The van der Waals surface area contributed by atoms with Crippen LogP contribution >= 0.6 is 12.4 Å². The van der Waals surface area contributed by atoms with Gasteiger partial charge in [-0.05, 0) is 70.3 Å². The number of furan rings is 1. The molecule has 1 N–H and O–H groups in total. The van der Waals surface area contributed by atoms with Gasteiger partial charge < -0.3 is 14.2 Å². The maximum Gasteiger partial charge on any atom is 0.287 e. The van der Waals surface area contributed by atoms with Crippen LogP contribution in [-0.2, 0) is 0 Å². The first-order valence-electron chi connectivity index (χ1n) is 8.82. The summed E-state index contributed by atoms with van der Waals surface area (Å²) in [5.74, 6) is 1.16. The van der Waals surface area contributed by atoms with Gasteiger partial charge in [-0.2, -0.15) is 0 Å². The Bertz CT molecular complexity index is 1050. The molecule has 1 aromatic carbocycles. The van der Waals surface area contributed by atoms with Gasteiger partial charge in [0.05, 0.1) is 11.4 Å². The number of nitrogens with zero attached hydrogens (tertiary/aromatic N) is 1. The van der Waals surface area contributed by atoms with Crippen LogP contribution in [0.3, 0.4) is 0 Å². The van der Waals surface area contributed by atoms with Crippen molar-refractivity contribution in [1.29, 1.82) is 0 Å². The smallest absolute Gasteiger partial charge is 0.287 e. The normalized spacial score (nSPS) is 12.1. The summed E-state index contributed by atoms with van der Waals surface area (Å²) in [6.45, 7) is 6.08. The molecule has 0 saturated carbocycles. The summed E-state index contributed by atoms with van der Waals surface area (Å²) in [5.41, 5.74) is 2.20. The van der Waals surface area contributed by atoms with E-state index in [0.717, 1.165) is 22.6 Å². The largest absolute Gasteiger partial charge is 0.465 e. The van der Waals surface area contributed by atoms with Crippen molar-refractivity contribution >= 4 is 29.3 Å². The van der Waals surface area contributed by atoms with Crippen LogP contribution in [0.4, 0.5) is 0 Å². The number of amides is 1. The standard InChI is InChI=1S/C21H24N2O4.ClH/c1-12-8-15-17(24)10-20(27-19(15)9-13(12)2)21(25)22-11-16(23(4)5)18-7-6-14(3)26-18;/h6-10,16H,11H2,1-5H3,(H,22,25);1H. The van der Waals surface area contributed by atoms with Gasteiger partial charge in [-0.25, -0.2) is 0 Å². The Kier molecular flexibility index (Phi) is 6.69. The number of benzene rings is 1. The zero-order valence-corrected chi connectivity index (χ0v) is 17.5. The monoisotopic (exact) mass is 404 g/mol. The zero-order valence-electron chi connectivity index (χ0n) is 16.7. The van der Waals surface area contributed by atoms with Crippen LogP contribution in [0.15, 0.2) is 44.0 Å². The molecule has 0 fully saturated rings. The van der Waals surface area contributed by atoms with Crippen molar-refractivity contribution < 1.29 is 13.6 Å². The van der Waals surface area contributed by atoms with Gasteiger partial charge in [0.15, 0.2) is 11.2 Å². The van der Waals surface area contributed by atoms with E-state index in [1.165, 1.54) is 6.07 Å². The summed E-state index contributed by atoms with van der Waals surface area (Å²) >= 11 is 0. The molecule has 3 rings (SSSR count). The van der Waals surface area contributed by atoms with E-state index in [1.54, 1.807) is 12.1 Å². The van der Waals surface area contributed by atoms with Crippen LogP contribution in [0.25, 0.3) is 11.0 Å². The second kappa shape index (κ2) is 8.63. The van der Waals surface area contributed by atoms with Crippen LogP contribution in [0, 0.1) is 20.8 Å². The molecule has 0 saturated heterocycles. The van der Waals surface area contributed by atoms with Gasteiger partial charge in [0, 0.05) is 12.6 Å². The second-order valence-electron chi connectivity index (χ2n) is 7.05. The number of nitrogens with one attached hydrogen (secondary N) is 1. The third-order valence-electron chi connectivity index (χ3n) is 4.74. The summed E-state index contributed by atoms with van der Waals surface area (Å²) in [5, 5.41) is 3.31. The average Bonchev–Trinajstić information content (AvgIpc) is 3.02. The molecule has 2 aromatic heterocycles. The molecule has 150 valence electrons. The first-order chi connectivity index (χ1) is 12.8. The minimum absolute atomic E-state index is 0. The summed E-state index contributed by atoms with van der Waals surface area (Å²) in [6.07, 6.45) is 0. The molecule has 3 aromatic rings. The number of likely N-dealkylation sites (N-methyl/N-ethyl adjacent to an activating group) is 1. The Morgan fingerprint density at radius 1 is 1.07 bits per heavy atom. The van der Waals surface area contributed by atoms with Gasteiger partial charge in [-0.1, -0.05) is 0 Å². The number of hydrogen-bond acceptors (Lipinski definition) is 5. The van der Waals surface area contributed by atoms with Gasteiger partial charge in [0.25, 0.3) is 5.91 Å². The number of fused-ring (bicyclic) bond motifs is 1. The lowest BCUT2D eigenvalue weighted by Crippen LogP contribution is -2.34. The highest BCUT2D eigenvalue weighted by atomic mass is 35.5. The molecule has 28 heavy (non-hydrogen) atoms. The quantitative estimate of drug-likeness (QED) is 0.700. The van der Waals surface area contributed by atoms with Crippen LogP contribution in [0.5, 0.6) is 0 Å². The van der Waals surface area contributed by atoms with E-state index in [-0.39, 0.29) is 29.6 Å². The molecule has 0 radical (unpaired) electrons. The van der Waals surface area contributed by atoms with Crippen LogP contribution in [-0.4, -0.2) is 31.4 Å². The molecule has 0 aliphatic carbocycles. The lowest BCUT2D eigenvalue weighted by Gasteiger charge is -2.22. The SMILES string of the molecule is Cc1ccc(C(CNC(=O)c2cc(=O)c3cc(C)c(C)cc3o2)N(C)C)o1.Cl. The van der Waals surface area contributed by atoms with Gasteiger partial charge in [-0.15, -0.1) is 12.4 Å². The molecule has 0 aliphatic rings. The fraction of sp³-hybridized carbons (Fsp3) is 0.333. The van der Waals surface area contributed by atoms with Gasteiger partial charge >= 0.3 is 0 Å². The molecule has 0 aliphatic heterocycles. The number of rotatable bonds is 5. The van der Waals surface area contributed by atoms with E-state index >= 15 is 0 Å². The molecular formula is C21H25ClN2O4. The fourth-order valence-corrected chi connectivity index (χ4v) is 2.97. The van der Waals surface area contributed by atoms with E-state index in [9.17, 15) is 9.59 Å². The van der Waals surface area contributed by atoms with Gasteiger partial charge in [-0.3, -0.25) is 14.5 Å². The van der Waals surface area contributed by atoms with Crippen molar-refractivity contribution in [3.8, 4) is 0 Å². The number of carbonyl (C=O) groups excluding carboxylic acids is 1. The van der Waals surface area contributed by atoms with Crippen molar-refractivity contribution in [3.63, 3.8) is 0 Å². The van der Waals surface area contributed by atoms with Gasteiger partial charge in [0.2, 0.25) is 0 Å². The maximum atomic E-state index is 12.6. The van der Waals surface area contributed by atoms with E-state index < -0.39 is 5.91 Å². The molecule has 7 heteroatoms. The predicted octanol–water partition coefficient (Wildman–Crippen LogP) is 3.77. The predicted molar refractivity (Wildman–Crippen MR) is 111 cm³/mol.